The third-order valence-corrected chi connectivity index (χ3v) is 6.68. The number of nitriles is 1. The van der Waals surface area contributed by atoms with Crippen molar-refractivity contribution in [3.63, 3.8) is 0 Å². The zero-order chi connectivity index (χ0) is 22.7. The molecule has 32 heavy (non-hydrogen) atoms. The molecule has 3 N–H and O–H groups in total. The van der Waals surface area contributed by atoms with E-state index in [9.17, 15) is 9.59 Å². The maximum absolute atomic E-state index is 13.1. The third kappa shape index (κ3) is 5.12. The molecule has 0 radical (unpaired) electrons. The molecule has 2 aromatic rings. The number of nitrogens with one attached hydrogen (secondary N) is 1. The average Bonchev–Trinajstić information content (AvgIpc) is 3.65. The largest absolute Gasteiger partial charge is 0.334 e. The fraction of sp³-hybridized carbons (Fsp3) is 0.400. The Labute approximate surface area is 193 Å². The van der Waals surface area contributed by atoms with Gasteiger partial charge in [-0.1, -0.05) is 24.4 Å². The minimum Gasteiger partial charge on any atom is -0.334 e. The van der Waals surface area contributed by atoms with Gasteiger partial charge >= 0.3 is 0 Å². The summed E-state index contributed by atoms with van der Waals surface area (Å²) in [5.41, 5.74) is 8.75. The van der Waals surface area contributed by atoms with Crippen molar-refractivity contribution in [3.8, 4) is 6.07 Å². The van der Waals surface area contributed by atoms with Crippen LogP contribution in [0.1, 0.15) is 60.0 Å². The molecule has 7 heteroatoms. The number of nitrogens with zero attached hydrogens (tertiary/aromatic N) is 2. The highest BCUT2D eigenvalue weighted by molar-refractivity contribution is 6.31. The Morgan fingerprint density at radius 2 is 1.81 bits per heavy atom. The number of nitrogens with two attached hydrogens (primary N) is 1. The van der Waals surface area contributed by atoms with Crippen molar-refractivity contribution in [2.45, 2.75) is 57.2 Å². The van der Waals surface area contributed by atoms with E-state index in [1.165, 1.54) is 0 Å². The van der Waals surface area contributed by atoms with E-state index in [4.69, 9.17) is 22.6 Å². The van der Waals surface area contributed by atoms with Crippen molar-refractivity contribution in [1.82, 2.24) is 4.90 Å². The van der Waals surface area contributed by atoms with Crippen molar-refractivity contribution in [1.29, 1.82) is 5.26 Å². The van der Waals surface area contributed by atoms with Gasteiger partial charge in [-0.05, 0) is 73.7 Å². The standard InChI is InChI=1S/C25H27ClN4O2/c26-21-12-11-20(29-24(31)17-7-5-16(14-27)6-8-17)13-19(21)15-30(25(32)18-9-10-18)23-4-2-1-3-22(23)28/h5-8,11-13,18,22-23H,1-4,9-10,15,28H2,(H,29,31). The van der Waals surface area contributed by atoms with Gasteiger partial charge in [-0.15, -0.1) is 0 Å². The van der Waals surface area contributed by atoms with Crippen molar-refractivity contribution in [2.75, 3.05) is 5.32 Å². The van der Waals surface area contributed by atoms with E-state index >= 15 is 0 Å². The van der Waals surface area contributed by atoms with E-state index in [1.54, 1.807) is 36.4 Å². The van der Waals surface area contributed by atoms with Gasteiger partial charge in [0.1, 0.15) is 0 Å². The Kier molecular flexibility index (Phi) is 6.78. The van der Waals surface area contributed by atoms with Crippen LogP contribution in [-0.2, 0) is 11.3 Å². The topological polar surface area (TPSA) is 99.2 Å². The number of rotatable bonds is 6. The van der Waals surface area contributed by atoms with Crippen LogP contribution in [-0.4, -0.2) is 28.8 Å². The summed E-state index contributed by atoms with van der Waals surface area (Å²) in [5.74, 6) is -0.0133. The Bertz CT molecular complexity index is 1040. The molecule has 0 bridgehead atoms. The highest BCUT2D eigenvalue weighted by Crippen LogP contribution is 2.35. The van der Waals surface area contributed by atoms with E-state index in [1.807, 2.05) is 17.0 Å². The minimum absolute atomic E-state index is 0.0183. The minimum atomic E-state index is -0.275. The van der Waals surface area contributed by atoms with Crippen molar-refractivity contribution < 1.29 is 9.59 Å². The maximum atomic E-state index is 13.1. The van der Waals surface area contributed by atoms with Crippen LogP contribution < -0.4 is 11.1 Å². The average molecular weight is 451 g/mol. The number of carbonyl (C=O) groups excluding carboxylic acids is 2. The van der Waals surface area contributed by atoms with Crippen LogP contribution in [0.5, 0.6) is 0 Å². The van der Waals surface area contributed by atoms with E-state index in [2.05, 4.69) is 5.32 Å². The summed E-state index contributed by atoms with van der Waals surface area (Å²) in [5, 5.41) is 12.4. The molecular weight excluding hydrogens is 424 g/mol. The molecule has 0 heterocycles. The molecule has 0 spiro atoms. The highest BCUT2D eigenvalue weighted by Gasteiger charge is 2.39. The first kappa shape index (κ1) is 22.3. The monoisotopic (exact) mass is 450 g/mol. The van der Waals surface area contributed by atoms with Crippen LogP contribution in [0.2, 0.25) is 5.02 Å². The summed E-state index contributed by atoms with van der Waals surface area (Å²) >= 11 is 6.49. The van der Waals surface area contributed by atoms with Crippen molar-refractivity contribution >= 4 is 29.1 Å². The van der Waals surface area contributed by atoms with Crippen LogP contribution in [0.15, 0.2) is 42.5 Å². The Balaban J connectivity index is 1.53. The van der Waals surface area contributed by atoms with E-state index in [0.29, 0.717) is 28.4 Å². The van der Waals surface area contributed by atoms with Gasteiger partial charge in [-0.25, -0.2) is 0 Å². The van der Waals surface area contributed by atoms with Crippen LogP contribution in [0, 0.1) is 17.2 Å². The quantitative estimate of drug-likeness (QED) is 0.678. The Hall–Kier alpha value is -2.88. The Morgan fingerprint density at radius 3 is 2.47 bits per heavy atom. The van der Waals surface area contributed by atoms with Crippen LogP contribution in [0.3, 0.4) is 0 Å². The van der Waals surface area contributed by atoms with Gasteiger partial charge in [0.15, 0.2) is 0 Å². The molecular formula is C25H27ClN4O2. The van der Waals surface area contributed by atoms with Gasteiger partial charge in [0, 0.05) is 40.8 Å². The first-order valence-electron chi connectivity index (χ1n) is 11.1. The smallest absolute Gasteiger partial charge is 0.255 e. The molecule has 2 fully saturated rings. The zero-order valence-corrected chi connectivity index (χ0v) is 18.6. The summed E-state index contributed by atoms with van der Waals surface area (Å²) < 4.78 is 0. The molecule has 166 valence electrons. The fourth-order valence-electron chi connectivity index (χ4n) is 4.31. The summed E-state index contributed by atoms with van der Waals surface area (Å²) in [6.07, 6.45) is 5.87. The normalized spacial score (nSPS) is 20.3. The molecule has 0 aromatic heterocycles. The van der Waals surface area contributed by atoms with Gasteiger partial charge < -0.3 is 16.0 Å². The van der Waals surface area contributed by atoms with Gasteiger partial charge in [0.25, 0.3) is 5.91 Å². The lowest BCUT2D eigenvalue weighted by molar-refractivity contribution is -0.136. The number of benzene rings is 2. The number of anilines is 1. The first-order valence-corrected chi connectivity index (χ1v) is 11.5. The fourth-order valence-corrected chi connectivity index (χ4v) is 4.48. The second-order valence-corrected chi connectivity index (χ2v) is 9.11. The third-order valence-electron chi connectivity index (χ3n) is 6.31. The second-order valence-electron chi connectivity index (χ2n) is 8.71. The predicted molar refractivity (Wildman–Crippen MR) is 124 cm³/mol. The number of halogens is 1. The first-order chi connectivity index (χ1) is 15.5. The lowest BCUT2D eigenvalue weighted by Gasteiger charge is -2.39. The zero-order valence-electron chi connectivity index (χ0n) is 17.9. The molecule has 6 nitrogen and oxygen atoms in total. The molecule has 2 aromatic carbocycles. The molecule has 2 aliphatic carbocycles. The maximum Gasteiger partial charge on any atom is 0.255 e. The number of hydrogen-bond acceptors (Lipinski definition) is 4. The van der Waals surface area contributed by atoms with Gasteiger partial charge in [-0.3, -0.25) is 9.59 Å². The molecule has 2 amide bonds. The highest BCUT2D eigenvalue weighted by atomic mass is 35.5. The number of hydrogen-bond donors (Lipinski definition) is 2. The van der Waals surface area contributed by atoms with E-state index < -0.39 is 0 Å². The molecule has 2 aliphatic rings. The number of carbonyl (C=O) groups is 2. The van der Waals surface area contributed by atoms with Crippen LogP contribution in [0.25, 0.3) is 0 Å². The van der Waals surface area contributed by atoms with Crippen molar-refractivity contribution in [3.05, 3.63) is 64.2 Å². The van der Waals surface area contributed by atoms with Crippen molar-refractivity contribution in [2.24, 2.45) is 11.7 Å². The molecule has 2 atom stereocenters. The SMILES string of the molecule is N#Cc1ccc(C(=O)Nc2ccc(Cl)c(CN(C(=O)C3CC3)C3CCCCC3N)c2)cc1. The molecule has 0 aliphatic heterocycles. The molecule has 2 unspecified atom stereocenters. The lowest BCUT2D eigenvalue weighted by Crippen LogP contribution is -2.52. The summed E-state index contributed by atoms with van der Waals surface area (Å²) in [6.45, 7) is 0.382. The molecule has 2 saturated carbocycles. The predicted octanol–water partition coefficient (Wildman–Crippen LogP) is 4.47. The second kappa shape index (κ2) is 9.72. The van der Waals surface area contributed by atoms with Gasteiger partial charge in [0.05, 0.1) is 11.6 Å². The Morgan fingerprint density at radius 1 is 1.09 bits per heavy atom. The van der Waals surface area contributed by atoms with E-state index in [-0.39, 0.29) is 29.8 Å². The van der Waals surface area contributed by atoms with Gasteiger partial charge in [-0.2, -0.15) is 5.26 Å². The van der Waals surface area contributed by atoms with Crippen LogP contribution in [0.4, 0.5) is 5.69 Å². The van der Waals surface area contributed by atoms with E-state index in [0.717, 1.165) is 44.1 Å². The summed E-state index contributed by atoms with van der Waals surface area (Å²) in [4.78, 5) is 27.6. The van der Waals surface area contributed by atoms with Gasteiger partial charge in [0.2, 0.25) is 5.91 Å². The summed E-state index contributed by atoms with van der Waals surface area (Å²) in [6, 6.07) is 13.8. The molecule has 0 saturated heterocycles. The lowest BCUT2D eigenvalue weighted by atomic mass is 9.89. The summed E-state index contributed by atoms with van der Waals surface area (Å²) in [7, 11) is 0. The van der Waals surface area contributed by atoms with Crippen LogP contribution >= 0.6 is 11.6 Å². The number of amides is 2. The molecule has 4 rings (SSSR count).